The summed E-state index contributed by atoms with van der Waals surface area (Å²) >= 11 is 6.26. The van der Waals surface area contributed by atoms with E-state index in [4.69, 9.17) is 11.6 Å². The first kappa shape index (κ1) is 15.9. The molecular formula is C18H18ClN5O. The molecule has 1 aromatic carbocycles. The topological polar surface area (TPSA) is 64.7 Å². The number of hydrogen-bond acceptors (Lipinski definition) is 3. The molecule has 4 rings (SSSR count). The van der Waals surface area contributed by atoms with Gasteiger partial charge in [0, 0.05) is 41.2 Å². The minimum atomic E-state index is -0.0301. The Balaban J connectivity index is 1.74. The van der Waals surface area contributed by atoms with Gasteiger partial charge in [0.1, 0.15) is 5.82 Å². The van der Waals surface area contributed by atoms with Crippen LogP contribution in [-0.4, -0.2) is 25.5 Å². The molecule has 1 atom stereocenters. The van der Waals surface area contributed by atoms with Gasteiger partial charge in [0.25, 0.3) is 0 Å². The molecule has 1 aliphatic heterocycles. The second kappa shape index (κ2) is 6.04. The van der Waals surface area contributed by atoms with Crippen LogP contribution in [0.25, 0.3) is 0 Å². The first-order valence-corrected chi connectivity index (χ1v) is 8.50. The molecule has 0 aliphatic carbocycles. The maximum Gasteiger partial charge on any atom is 0.226 e. The standard InChI is InChI=1S/C18H18ClN5O/c1-11-14(8-20-23(11)2)13-7-17(25)22-18-15(13)9-21-24(18)10-12-5-3-4-6-16(12)19/h3-6,8-9,13H,7,10H2,1-2H3,(H,22,25)/t13-/m0/s1. The predicted octanol–water partition coefficient (Wildman–Crippen LogP) is 3.10. The van der Waals surface area contributed by atoms with Crippen molar-refractivity contribution in [2.24, 2.45) is 7.05 Å². The van der Waals surface area contributed by atoms with Crippen molar-refractivity contribution < 1.29 is 4.79 Å². The van der Waals surface area contributed by atoms with E-state index in [1.54, 1.807) is 4.68 Å². The maximum atomic E-state index is 12.3. The smallest absolute Gasteiger partial charge is 0.226 e. The average molecular weight is 356 g/mol. The number of anilines is 1. The monoisotopic (exact) mass is 355 g/mol. The van der Waals surface area contributed by atoms with E-state index in [0.29, 0.717) is 18.0 Å². The maximum absolute atomic E-state index is 12.3. The molecule has 128 valence electrons. The highest BCUT2D eigenvalue weighted by molar-refractivity contribution is 6.31. The number of nitrogens with zero attached hydrogens (tertiary/aromatic N) is 4. The van der Waals surface area contributed by atoms with E-state index in [9.17, 15) is 4.79 Å². The van der Waals surface area contributed by atoms with Crippen LogP contribution in [0, 0.1) is 6.92 Å². The van der Waals surface area contributed by atoms with E-state index in [1.165, 1.54) is 0 Å². The van der Waals surface area contributed by atoms with Crippen LogP contribution in [0.5, 0.6) is 0 Å². The molecule has 25 heavy (non-hydrogen) atoms. The number of carbonyl (C=O) groups excluding carboxylic acids is 1. The normalized spacial score (nSPS) is 16.6. The van der Waals surface area contributed by atoms with E-state index in [0.717, 1.165) is 28.2 Å². The zero-order chi connectivity index (χ0) is 17.6. The first-order valence-electron chi connectivity index (χ1n) is 8.12. The SMILES string of the molecule is Cc1c([C@@H]2CC(=O)Nc3c2cnn3Cc2ccccc2Cl)cnn1C. The molecule has 7 heteroatoms. The Hall–Kier alpha value is -2.60. The van der Waals surface area contributed by atoms with E-state index in [-0.39, 0.29) is 11.8 Å². The molecular weight excluding hydrogens is 338 g/mol. The minimum absolute atomic E-state index is 0.0124. The zero-order valence-corrected chi connectivity index (χ0v) is 14.8. The summed E-state index contributed by atoms with van der Waals surface area (Å²) < 4.78 is 3.63. The van der Waals surface area contributed by atoms with Crippen molar-refractivity contribution in [3.63, 3.8) is 0 Å². The summed E-state index contributed by atoms with van der Waals surface area (Å²) in [7, 11) is 1.91. The molecule has 2 aromatic heterocycles. The number of nitrogens with one attached hydrogen (secondary N) is 1. The van der Waals surface area contributed by atoms with E-state index in [1.807, 2.05) is 55.3 Å². The highest BCUT2D eigenvalue weighted by Crippen LogP contribution is 2.38. The molecule has 0 saturated heterocycles. The van der Waals surface area contributed by atoms with Gasteiger partial charge in [0.15, 0.2) is 0 Å². The van der Waals surface area contributed by atoms with Gasteiger partial charge in [-0.25, -0.2) is 4.68 Å². The minimum Gasteiger partial charge on any atom is -0.311 e. The number of aryl methyl sites for hydroxylation is 1. The number of hydrogen-bond donors (Lipinski definition) is 1. The number of amides is 1. The van der Waals surface area contributed by atoms with Crippen LogP contribution in [0.15, 0.2) is 36.7 Å². The number of fused-ring (bicyclic) bond motifs is 1. The third-order valence-electron chi connectivity index (χ3n) is 4.82. The predicted molar refractivity (Wildman–Crippen MR) is 95.8 cm³/mol. The summed E-state index contributed by atoms with van der Waals surface area (Å²) in [5.74, 6) is 0.698. The van der Waals surface area contributed by atoms with Crippen molar-refractivity contribution in [2.75, 3.05) is 5.32 Å². The summed E-state index contributed by atoms with van der Waals surface area (Å²) in [6.45, 7) is 2.52. The fourth-order valence-electron chi connectivity index (χ4n) is 3.31. The van der Waals surface area contributed by atoms with Crippen LogP contribution >= 0.6 is 11.6 Å². The quantitative estimate of drug-likeness (QED) is 0.785. The molecule has 0 bridgehead atoms. The first-order chi connectivity index (χ1) is 12.0. The van der Waals surface area contributed by atoms with Gasteiger partial charge >= 0.3 is 0 Å². The zero-order valence-electron chi connectivity index (χ0n) is 14.0. The number of carbonyl (C=O) groups is 1. The molecule has 1 aliphatic rings. The van der Waals surface area contributed by atoms with E-state index < -0.39 is 0 Å². The third-order valence-corrected chi connectivity index (χ3v) is 5.19. The van der Waals surface area contributed by atoms with Gasteiger partial charge in [-0.3, -0.25) is 9.48 Å². The van der Waals surface area contributed by atoms with Crippen LogP contribution in [0.4, 0.5) is 5.82 Å². The fraction of sp³-hybridized carbons (Fsp3) is 0.278. The van der Waals surface area contributed by atoms with Gasteiger partial charge in [-0.05, 0) is 18.6 Å². The highest BCUT2D eigenvalue weighted by atomic mass is 35.5. The van der Waals surface area contributed by atoms with Gasteiger partial charge in [0.2, 0.25) is 5.91 Å². The molecule has 1 amide bonds. The van der Waals surface area contributed by atoms with Crippen molar-refractivity contribution in [2.45, 2.75) is 25.8 Å². The average Bonchev–Trinajstić information content (AvgIpc) is 3.14. The van der Waals surface area contributed by atoms with Gasteiger partial charge in [-0.2, -0.15) is 10.2 Å². The molecule has 0 radical (unpaired) electrons. The molecule has 0 spiro atoms. The molecule has 3 aromatic rings. The molecule has 6 nitrogen and oxygen atoms in total. The Kier molecular flexibility index (Phi) is 3.84. The van der Waals surface area contributed by atoms with Crippen molar-refractivity contribution in [3.05, 3.63) is 64.1 Å². The van der Waals surface area contributed by atoms with Crippen LogP contribution < -0.4 is 5.32 Å². The lowest BCUT2D eigenvalue weighted by molar-refractivity contribution is -0.116. The van der Waals surface area contributed by atoms with Crippen LogP contribution in [-0.2, 0) is 18.4 Å². The van der Waals surface area contributed by atoms with Gasteiger partial charge in [0.05, 0.1) is 18.9 Å². The Labute approximate surface area is 150 Å². The molecule has 0 fully saturated rings. The Morgan fingerprint density at radius 2 is 2.00 bits per heavy atom. The summed E-state index contributed by atoms with van der Waals surface area (Å²) in [5.41, 5.74) is 4.10. The molecule has 3 heterocycles. The van der Waals surface area contributed by atoms with Crippen LogP contribution in [0.1, 0.15) is 34.7 Å². The van der Waals surface area contributed by atoms with E-state index >= 15 is 0 Å². The second-order valence-electron chi connectivity index (χ2n) is 6.31. The van der Waals surface area contributed by atoms with Crippen molar-refractivity contribution in [1.29, 1.82) is 0 Å². The van der Waals surface area contributed by atoms with Crippen molar-refractivity contribution in [3.8, 4) is 0 Å². The van der Waals surface area contributed by atoms with Gasteiger partial charge < -0.3 is 5.32 Å². The van der Waals surface area contributed by atoms with Crippen LogP contribution in [0.2, 0.25) is 5.02 Å². The van der Waals surface area contributed by atoms with Gasteiger partial charge in [-0.15, -0.1) is 0 Å². The van der Waals surface area contributed by atoms with Gasteiger partial charge in [-0.1, -0.05) is 29.8 Å². The van der Waals surface area contributed by atoms with E-state index in [2.05, 4.69) is 15.5 Å². The Morgan fingerprint density at radius 1 is 1.24 bits per heavy atom. The van der Waals surface area contributed by atoms with Crippen molar-refractivity contribution in [1.82, 2.24) is 19.6 Å². The lowest BCUT2D eigenvalue weighted by Gasteiger charge is -2.23. The largest absolute Gasteiger partial charge is 0.311 e. The Bertz CT molecular complexity index is 958. The number of benzene rings is 1. The molecule has 1 N–H and O–H groups in total. The lowest BCUT2D eigenvalue weighted by atomic mass is 9.88. The number of halogens is 1. The van der Waals surface area contributed by atoms with Crippen molar-refractivity contribution >= 4 is 23.3 Å². The Morgan fingerprint density at radius 3 is 2.72 bits per heavy atom. The summed E-state index contributed by atoms with van der Waals surface area (Å²) in [5, 5.41) is 12.5. The van der Waals surface area contributed by atoms with Crippen LogP contribution in [0.3, 0.4) is 0 Å². The number of rotatable bonds is 3. The molecule has 0 unspecified atom stereocenters. The fourth-order valence-corrected chi connectivity index (χ4v) is 3.51. The lowest BCUT2D eigenvalue weighted by Crippen LogP contribution is -2.25. The molecule has 0 saturated carbocycles. The summed E-state index contributed by atoms with van der Waals surface area (Å²) in [6, 6.07) is 7.65. The number of aromatic nitrogens is 4. The third kappa shape index (κ3) is 2.72. The second-order valence-corrected chi connectivity index (χ2v) is 6.72. The summed E-state index contributed by atoms with van der Waals surface area (Å²) in [6.07, 6.45) is 4.08. The summed E-state index contributed by atoms with van der Waals surface area (Å²) in [4.78, 5) is 12.3. The highest BCUT2D eigenvalue weighted by Gasteiger charge is 2.31.